The molecule has 0 unspecified atom stereocenters. The molecule has 0 spiro atoms. The lowest BCUT2D eigenvalue weighted by atomic mass is 9.91. The van der Waals surface area contributed by atoms with Crippen molar-refractivity contribution in [3.63, 3.8) is 0 Å². The highest BCUT2D eigenvalue weighted by Gasteiger charge is 2.27. The second-order valence-corrected chi connectivity index (χ2v) is 9.54. The number of hydrogen-bond donors (Lipinski definition) is 2. The molecule has 1 saturated heterocycles. The first-order valence-corrected chi connectivity index (χ1v) is 10.8. The largest absolute Gasteiger partial charge is 0.366 e. The number of nitrogens with one attached hydrogen (secondary N) is 1. The first-order valence-electron chi connectivity index (χ1n) is 8.61. The van der Waals surface area contributed by atoms with E-state index in [-0.39, 0.29) is 17.4 Å². The molecule has 2 aromatic heterocycles. The minimum absolute atomic E-state index is 0.126. The highest BCUT2D eigenvalue weighted by atomic mass is 35.5. The number of aromatic nitrogens is 2. The number of carbonyl (C=O) groups excluding carboxylic acids is 1. The molecule has 1 fully saturated rings. The number of aromatic amines is 1. The van der Waals surface area contributed by atoms with Gasteiger partial charge in [-0.25, -0.2) is 13.4 Å². The maximum Gasteiger partial charge on any atom is 0.250 e. The van der Waals surface area contributed by atoms with Crippen LogP contribution in [0.4, 0.5) is 0 Å². The van der Waals surface area contributed by atoms with Crippen molar-refractivity contribution in [1.82, 2.24) is 9.97 Å². The number of primary amides is 1. The van der Waals surface area contributed by atoms with Crippen molar-refractivity contribution >= 4 is 38.2 Å². The SMILES string of the molecule is NC(=O)c1cc(-c2ccc(Cl)nc2)cc2c(C3CCS(=O)(=O)CC3)c[nH]c12. The lowest BCUT2D eigenvalue weighted by Gasteiger charge is -2.21. The average Bonchev–Trinajstić information content (AvgIpc) is 3.05. The molecule has 3 heterocycles. The number of benzene rings is 1. The van der Waals surface area contributed by atoms with Gasteiger partial charge in [0.25, 0.3) is 5.91 Å². The Balaban J connectivity index is 1.85. The molecule has 3 aromatic rings. The van der Waals surface area contributed by atoms with Gasteiger partial charge >= 0.3 is 0 Å². The van der Waals surface area contributed by atoms with Crippen LogP contribution in [-0.2, 0) is 9.84 Å². The first kappa shape index (κ1) is 18.0. The van der Waals surface area contributed by atoms with E-state index in [4.69, 9.17) is 17.3 Å². The predicted molar refractivity (Wildman–Crippen MR) is 106 cm³/mol. The van der Waals surface area contributed by atoms with Crippen LogP contribution in [0.1, 0.15) is 34.7 Å². The van der Waals surface area contributed by atoms with E-state index in [9.17, 15) is 13.2 Å². The summed E-state index contributed by atoms with van der Waals surface area (Å²) in [5.41, 5.74) is 9.32. The van der Waals surface area contributed by atoms with E-state index >= 15 is 0 Å². The van der Waals surface area contributed by atoms with Crippen LogP contribution in [0.15, 0.2) is 36.7 Å². The normalized spacial score (nSPS) is 17.2. The van der Waals surface area contributed by atoms with Crippen LogP contribution in [-0.4, -0.2) is 35.8 Å². The van der Waals surface area contributed by atoms with Gasteiger partial charge in [0.15, 0.2) is 0 Å². The molecule has 0 aliphatic carbocycles. The van der Waals surface area contributed by atoms with Crippen molar-refractivity contribution in [2.24, 2.45) is 5.73 Å². The molecule has 6 nitrogen and oxygen atoms in total. The van der Waals surface area contributed by atoms with Crippen LogP contribution in [0, 0.1) is 0 Å². The van der Waals surface area contributed by atoms with Crippen LogP contribution in [0.5, 0.6) is 0 Å². The van der Waals surface area contributed by atoms with E-state index in [0.29, 0.717) is 29.1 Å². The summed E-state index contributed by atoms with van der Waals surface area (Å²) in [5, 5.41) is 1.28. The molecule has 1 aromatic carbocycles. The molecule has 8 heteroatoms. The molecule has 0 atom stereocenters. The molecule has 0 radical (unpaired) electrons. The highest BCUT2D eigenvalue weighted by Crippen LogP contribution is 2.37. The van der Waals surface area contributed by atoms with Crippen molar-refractivity contribution < 1.29 is 13.2 Å². The third kappa shape index (κ3) is 3.44. The van der Waals surface area contributed by atoms with Gasteiger partial charge in [0.1, 0.15) is 15.0 Å². The molecule has 1 amide bonds. The summed E-state index contributed by atoms with van der Waals surface area (Å²) in [7, 11) is -2.94. The van der Waals surface area contributed by atoms with Crippen molar-refractivity contribution in [3.8, 4) is 11.1 Å². The van der Waals surface area contributed by atoms with Gasteiger partial charge in [0.2, 0.25) is 0 Å². The first-order chi connectivity index (χ1) is 12.8. The Labute approximate surface area is 161 Å². The number of rotatable bonds is 3. The van der Waals surface area contributed by atoms with Crippen LogP contribution in [0.3, 0.4) is 0 Å². The molecular formula is C19H18ClN3O3S. The second-order valence-electron chi connectivity index (χ2n) is 6.85. The lowest BCUT2D eigenvalue weighted by molar-refractivity contribution is 0.100. The Morgan fingerprint density at radius 3 is 2.56 bits per heavy atom. The van der Waals surface area contributed by atoms with Crippen LogP contribution < -0.4 is 5.73 Å². The van der Waals surface area contributed by atoms with E-state index in [1.165, 1.54) is 0 Å². The Morgan fingerprint density at radius 1 is 1.19 bits per heavy atom. The van der Waals surface area contributed by atoms with Gasteiger partial charge in [-0.2, -0.15) is 0 Å². The van der Waals surface area contributed by atoms with Gasteiger partial charge in [-0.15, -0.1) is 0 Å². The summed E-state index contributed by atoms with van der Waals surface area (Å²) in [4.78, 5) is 19.3. The van der Waals surface area contributed by atoms with Gasteiger partial charge < -0.3 is 10.7 Å². The summed E-state index contributed by atoms with van der Waals surface area (Å²) in [6.07, 6.45) is 4.67. The number of fused-ring (bicyclic) bond motifs is 1. The zero-order chi connectivity index (χ0) is 19.2. The number of H-pyrrole nitrogens is 1. The van der Waals surface area contributed by atoms with Gasteiger partial charge in [-0.3, -0.25) is 4.79 Å². The maximum atomic E-state index is 12.0. The number of nitrogens with zero attached hydrogens (tertiary/aromatic N) is 1. The molecule has 0 saturated carbocycles. The van der Waals surface area contributed by atoms with Gasteiger partial charge in [-0.05, 0) is 54.2 Å². The van der Waals surface area contributed by atoms with Gasteiger partial charge in [0, 0.05) is 23.3 Å². The number of nitrogens with two attached hydrogens (primary N) is 1. The van der Waals surface area contributed by atoms with E-state index in [0.717, 1.165) is 22.1 Å². The number of hydrogen-bond acceptors (Lipinski definition) is 4. The average molecular weight is 404 g/mol. The smallest absolute Gasteiger partial charge is 0.250 e. The molecule has 3 N–H and O–H groups in total. The predicted octanol–water partition coefficient (Wildman–Crippen LogP) is 3.27. The Hall–Kier alpha value is -2.38. The van der Waals surface area contributed by atoms with E-state index < -0.39 is 15.7 Å². The second kappa shape index (κ2) is 6.65. The van der Waals surface area contributed by atoms with E-state index in [1.807, 2.05) is 18.3 Å². The minimum atomic E-state index is -2.94. The number of amides is 1. The standard InChI is InChI=1S/C19H18ClN3O3S/c20-17-2-1-12(9-22-17)13-7-14-16(11-3-5-27(25,26)6-4-11)10-23-18(14)15(8-13)19(21)24/h1-2,7-11,23H,3-6H2,(H2,21,24). The summed E-state index contributed by atoms with van der Waals surface area (Å²) in [5.74, 6) is -0.0215. The molecular weight excluding hydrogens is 386 g/mol. The highest BCUT2D eigenvalue weighted by molar-refractivity contribution is 7.91. The molecule has 140 valence electrons. The van der Waals surface area contributed by atoms with Crippen molar-refractivity contribution in [2.75, 3.05) is 11.5 Å². The topological polar surface area (TPSA) is 106 Å². The lowest BCUT2D eigenvalue weighted by Crippen LogP contribution is -2.22. The summed E-state index contributed by atoms with van der Waals surface area (Å²) in [6.45, 7) is 0. The van der Waals surface area contributed by atoms with E-state index in [1.54, 1.807) is 18.3 Å². The summed E-state index contributed by atoms with van der Waals surface area (Å²) < 4.78 is 23.5. The number of pyridine rings is 1. The van der Waals surface area contributed by atoms with E-state index in [2.05, 4.69) is 9.97 Å². The van der Waals surface area contributed by atoms with Crippen molar-refractivity contribution in [3.05, 3.63) is 52.9 Å². The fraction of sp³-hybridized carbons (Fsp3) is 0.263. The van der Waals surface area contributed by atoms with Crippen molar-refractivity contribution in [2.45, 2.75) is 18.8 Å². The monoisotopic (exact) mass is 403 g/mol. The molecule has 0 bridgehead atoms. The fourth-order valence-electron chi connectivity index (χ4n) is 3.70. The zero-order valence-electron chi connectivity index (χ0n) is 14.4. The van der Waals surface area contributed by atoms with Gasteiger partial charge in [-0.1, -0.05) is 11.6 Å². The third-order valence-corrected chi connectivity index (χ3v) is 7.08. The molecule has 1 aliphatic heterocycles. The minimum Gasteiger partial charge on any atom is -0.366 e. The van der Waals surface area contributed by atoms with Crippen molar-refractivity contribution in [1.29, 1.82) is 0 Å². The zero-order valence-corrected chi connectivity index (χ0v) is 16.0. The maximum absolute atomic E-state index is 12.0. The number of carbonyl (C=O) groups is 1. The van der Waals surface area contributed by atoms with Crippen LogP contribution >= 0.6 is 11.6 Å². The summed E-state index contributed by atoms with van der Waals surface area (Å²) in [6, 6.07) is 7.25. The van der Waals surface area contributed by atoms with Crippen LogP contribution in [0.25, 0.3) is 22.0 Å². The number of sulfone groups is 1. The molecule has 4 rings (SSSR count). The third-order valence-electron chi connectivity index (χ3n) is 5.14. The quantitative estimate of drug-likeness (QED) is 0.654. The molecule has 1 aliphatic rings. The Morgan fingerprint density at radius 2 is 1.93 bits per heavy atom. The Bertz CT molecular complexity index is 1120. The molecule has 27 heavy (non-hydrogen) atoms. The van der Waals surface area contributed by atoms with Gasteiger partial charge in [0.05, 0.1) is 22.6 Å². The summed E-state index contributed by atoms with van der Waals surface area (Å²) >= 11 is 5.87. The van der Waals surface area contributed by atoms with Crippen LogP contribution in [0.2, 0.25) is 5.15 Å². The fourth-order valence-corrected chi connectivity index (χ4v) is 5.30. The number of halogens is 1. The Kier molecular flexibility index (Phi) is 4.44.